The smallest absolute Gasteiger partial charge is 0.249 e. The summed E-state index contributed by atoms with van der Waals surface area (Å²) in [6.07, 6.45) is 3.21. The Labute approximate surface area is 104 Å². The van der Waals surface area contributed by atoms with Crippen LogP contribution in [0.5, 0.6) is 11.5 Å². The summed E-state index contributed by atoms with van der Waals surface area (Å²) >= 11 is 0. The van der Waals surface area contributed by atoms with Crippen LogP contribution in [0.25, 0.3) is 5.57 Å². The summed E-state index contributed by atoms with van der Waals surface area (Å²) in [5, 5.41) is 11.1. The van der Waals surface area contributed by atoms with Crippen molar-refractivity contribution in [3.8, 4) is 11.5 Å². The highest BCUT2D eigenvalue weighted by molar-refractivity contribution is 5.70. The Morgan fingerprint density at radius 2 is 1.89 bits per heavy atom. The lowest BCUT2D eigenvalue weighted by atomic mass is 9.91. The topological polar surface area (TPSA) is 61.6 Å². The quantitative estimate of drug-likeness (QED) is 0.595. The lowest BCUT2D eigenvalue weighted by Gasteiger charge is -2.14. The Morgan fingerprint density at radius 3 is 2.72 bits per heavy atom. The van der Waals surface area contributed by atoms with E-state index >= 15 is 0 Å². The number of rotatable bonds is 2. The van der Waals surface area contributed by atoms with Crippen molar-refractivity contribution in [2.45, 2.75) is 25.7 Å². The Morgan fingerprint density at radius 1 is 1.11 bits per heavy atom. The molecule has 5 nitrogen and oxygen atoms in total. The molecule has 18 heavy (non-hydrogen) atoms. The predicted molar refractivity (Wildman–Crippen MR) is 64.9 cm³/mol. The molecule has 5 heteroatoms. The lowest BCUT2D eigenvalue weighted by Crippen LogP contribution is -2.07. The van der Waals surface area contributed by atoms with Crippen LogP contribution >= 0.6 is 0 Å². The van der Waals surface area contributed by atoms with Crippen molar-refractivity contribution >= 4 is 5.57 Å². The van der Waals surface area contributed by atoms with Crippen molar-refractivity contribution in [1.29, 1.82) is 0 Å². The Hall–Kier alpha value is -2.04. The fourth-order valence-electron chi connectivity index (χ4n) is 2.49. The zero-order chi connectivity index (χ0) is 12.5. The number of allylic oxidation sites excluding steroid dienone is 2. The normalized spacial score (nSPS) is 18.0. The maximum absolute atomic E-state index is 11.1. The number of nitrogens with zero attached hydrogens (tertiary/aromatic N) is 1. The van der Waals surface area contributed by atoms with Gasteiger partial charge in [-0.2, -0.15) is 0 Å². The number of ether oxygens (including phenoxy) is 2. The highest BCUT2D eigenvalue weighted by Crippen LogP contribution is 2.38. The van der Waals surface area contributed by atoms with Crippen molar-refractivity contribution in [2.75, 3.05) is 6.79 Å². The van der Waals surface area contributed by atoms with Gasteiger partial charge >= 0.3 is 0 Å². The standard InChI is InChI=1S/C13H13NO4/c15-14(16)11-4-2-1-3-10(11)9-5-6-12-13(7-9)18-8-17-12/h5-7H,1-4,8H2. The number of hydrogen-bond acceptors (Lipinski definition) is 4. The molecule has 0 fully saturated rings. The van der Waals surface area contributed by atoms with Gasteiger partial charge in [0.05, 0.1) is 4.92 Å². The third-order valence-electron chi connectivity index (χ3n) is 3.38. The van der Waals surface area contributed by atoms with Crippen molar-refractivity contribution < 1.29 is 14.4 Å². The first-order chi connectivity index (χ1) is 8.75. The molecule has 1 aromatic carbocycles. The van der Waals surface area contributed by atoms with E-state index in [0.29, 0.717) is 23.6 Å². The minimum absolute atomic E-state index is 0.222. The van der Waals surface area contributed by atoms with Crippen molar-refractivity contribution in [3.05, 3.63) is 39.6 Å². The maximum Gasteiger partial charge on any atom is 0.249 e. The van der Waals surface area contributed by atoms with Gasteiger partial charge in [0, 0.05) is 12.0 Å². The summed E-state index contributed by atoms with van der Waals surface area (Å²) in [5.41, 5.74) is 2.07. The summed E-state index contributed by atoms with van der Waals surface area (Å²) < 4.78 is 10.6. The van der Waals surface area contributed by atoms with E-state index in [1.165, 1.54) is 0 Å². The maximum atomic E-state index is 11.1. The van der Waals surface area contributed by atoms with Gasteiger partial charge in [0.25, 0.3) is 0 Å². The number of hydrogen-bond donors (Lipinski definition) is 0. The third kappa shape index (κ3) is 1.81. The molecule has 3 rings (SSSR count). The highest BCUT2D eigenvalue weighted by Gasteiger charge is 2.24. The molecule has 1 heterocycles. The first-order valence-electron chi connectivity index (χ1n) is 6.02. The van der Waals surface area contributed by atoms with Crippen LogP contribution in [0.4, 0.5) is 0 Å². The summed E-state index contributed by atoms with van der Waals surface area (Å²) in [7, 11) is 0. The number of fused-ring (bicyclic) bond motifs is 1. The van der Waals surface area contributed by atoms with E-state index in [-0.39, 0.29) is 11.7 Å². The van der Waals surface area contributed by atoms with Gasteiger partial charge in [-0.25, -0.2) is 0 Å². The number of benzene rings is 1. The van der Waals surface area contributed by atoms with Gasteiger partial charge in [0.15, 0.2) is 11.5 Å². The monoisotopic (exact) mass is 247 g/mol. The second-order valence-corrected chi connectivity index (χ2v) is 4.46. The minimum atomic E-state index is -0.251. The average Bonchev–Trinajstić information content (AvgIpc) is 2.85. The van der Waals surface area contributed by atoms with Crippen molar-refractivity contribution in [2.24, 2.45) is 0 Å². The molecule has 0 bridgehead atoms. The summed E-state index contributed by atoms with van der Waals surface area (Å²) in [6.45, 7) is 0.222. The van der Waals surface area contributed by atoms with Crippen LogP contribution < -0.4 is 9.47 Å². The van der Waals surface area contributed by atoms with E-state index in [4.69, 9.17) is 9.47 Å². The second-order valence-electron chi connectivity index (χ2n) is 4.46. The third-order valence-corrected chi connectivity index (χ3v) is 3.38. The SMILES string of the molecule is O=[N+]([O-])C1=C(c2ccc3c(c2)OCO3)CCCC1. The summed E-state index contributed by atoms with van der Waals surface area (Å²) in [4.78, 5) is 10.8. The highest BCUT2D eigenvalue weighted by atomic mass is 16.7. The molecule has 0 aromatic heterocycles. The van der Waals surface area contributed by atoms with E-state index in [2.05, 4.69) is 0 Å². The van der Waals surface area contributed by atoms with E-state index in [1.54, 1.807) is 0 Å². The fraction of sp³-hybridized carbons (Fsp3) is 0.385. The molecular formula is C13H13NO4. The minimum Gasteiger partial charge on any atom is -0.454 e. The van der Waals surface area contributed by atoms with Crippen LogP contribution in [0.2, 0.25) is 0 Å². The molecule has 2 aliphatic rings. The van der Waals surface area contributed by atoms with Crippen LogP contribution in [0, 0.1) is 10.1 Å². The van der Waals surface area contributed by atoms with Gasteiger partial charge < -0.3 is 9.47 Å². The summed E-state index contributed by atoms with van der Waals surface area (Å²) in [6, 6.07) is 5.53. The molecule has 0 atom stereocenters. The molecule has 0 unspecified atom stereocenters. The van der Waals surface area contributed by atoms with Gasteiger partial charge in [-0.3, -0.25) is 10.1 Å². The van der Waals surface area contributed by atoms with Crippen molar-refractivity contribution in [3.63, 3.8) is 0 Å². The fourth-order valence-corrected chi connectivity index (χ4v) is 2.49. The molecule has 1 aliphatic heterocycles. The molecular weight excluding hydrogens is 234 g/mol. The molecule has 0 saturated carbocycles. The summed E-state index contributed by atoms with van der Waals surface area (Å²) in [5.74, 6) is 1.38. The zero-order valence-electron chi connectivity index (χ0n) is 9.85. The van der Waals surface area contributed by atoms with E-state index in [1.807, 2.05) is 18.2 Å². The Bertz CT molecular complexity index is 536. The molecule has 94 valence electrons. The van der Waals surface area contributed by atoms with Crippen LogP contribution in [0.15, 0.2) is 23.9 Å². The van der Waals surface area contributed by atoms with Gasteiger partial charge in [0.1, 0.15) is 0 Å². The molecule has 1 aliphatic carbocycles. The largest absolute Gasteiger partial charge is 0.454 e. The Balaban J connectivity index is 2.05. The van der Waals surface area contributed by atoms with Crippen LogP contribution in [-0.2, 0) is 0 Å². The van der Waals surface area contributed by atoms with Gasteiger partial charge in [-0.15, -0.1) is 0 Å². The van der Waals surface area contributed by atoms with Gasteiger partial charge in [-0.1, -0.05) is 6.07 Å². The number of nitro groups is 1. The van der Waals surface area contributed by atoms with E-state index in [9.17, 15) is 10.1 Å². The van der Waals surface area contributed by atoms with Gasteiger partial charge in [0.2, 0.25) is 12.5 Å². The van der Waals surface area contributed by atoms with Crippen molar-refractivity contribution in [1.82, 2.24) is 0 Å². The predicted octanol–water partition coefficient (Wildman–Crippen LogP) is 2.98. The lowest BCUT2D eigenvalue weighted by molar-refractivity contribution is -0.427. The molecule has 0 N–H and O–H groups in total. The first kappa shape index (κ1) is 11.1. The molecule has 0 amide bonds. The molecule has 0 radical (unpaired) electrons. The average molecular weight is 247 g/mol. The first-order valence-corrected chi connectivity index (χ1v) is 6.02. The van der Waals surface area contributed by atoms with Crippen LogP contribution in [0.1, 0.15) is 31.2 Å². The van der Waals surface area contributed by atoms with Crippen LogP contribution in [-0.4, -0.2) is 11.7 Å². The van der Waals surface area contributed by atoms with Gasteiger partial charge in [-0.05, 0) is 37.0 Å². The second kappa shape index (κ2) is 4.33. The van der Waals surface area contributed by atoms with E-state index < -0.39 is 0 Å². The van der Waals surface area contributed by atoms with Crippen LogP contribution in [0.3, 0.4) is 0 Å². The molecule has 0 saturated heterocycles. The van der Waals surface area contributed by atoms with E-state index in [0.717, 1.165) is 30.4 Å². The molecule has 0 spiro atoms. The Kier molecular flexibility index (Phi) is 2.66. The molecule has 1 aromatic rings. The zero-order valence-corrected chi connectivity index (χ0v) is 9.85.